The van der Waals surface area contributed by atoms with Crippen molar-refractivity contribution in [3.8, 4) is 0 Å². The SMILES string of the molecule is COC(OC)C(C)Nc1ccc(Br)c(F)c1. The molecule has 1 aromatic carbocycles. The Hall–Kier alpha value is -0.650. The van der Waals surface area contributed by atoms with Crippen LogP contribution in [-0.2, 0) is 9.47 Å². The lowest BCUT2D eigenvalue weighted by Crippen LogP contribution is -2.33. The zero-order chi connectivity index (χ0) is 12.1. The molecule has 90 valence electrons. The van der Waals surface area contributed by atoms with Crippen LogP contribution >= 0.6 is 15.9 Å². The van der Waals surface area contributed by atoms with Crippen molar-refractivity contribution in [3.63, 3.8) is 0 Å². The van der Waals surface area contributed by atoms with Crippen molar-refractivity contribution < 1.29 is 13.9 Å². The molecule has 0 aliphatic carbocycles. The quantitative estimate of drug-likeness (QED) is 0.846. The standard InChI is InChI=1S/C11H15BrFNO2/c1-7(11(15-2)16-3)14-8-4-5-9(12)10(13)6-8/h4-7,11,14H,1-3H3. The maximum Gasteiger partial charge on any atom is 0.176 e. The first-order chi connectivity index (χ1) is 7.58. The molecule has 0 amide bonds. The average molecular weight is 292 g/mol. The van der Waals surface area contributed by atoms with Gasteiger partial charge in [-0.1, -0.05) is 0 Å². The first-order valence-electron chi connectivity index (χ1n) is 4.85. The molecule has 0 radical (unpaired) electrons. The zero-order valence-electron chi connectivity index (χ0n) is 9.46. The van der Waals surface area contributed by atoms with Crippen LogP contribution in [0.3, 0.4) is 0 Å². The molecule has 1 atom stereocenters. The van der Waals surface area contributed by atoms with Crippen molar-refractivity contribution in [1.82, 2.24) is 0 Å². The first kappa shape index (κ1) is 13.4. The van der Waals surface area contributed by atoms with E-state index in [1.54, 1.807) is 26.4 Å². The van der Waals surface area contributed by atoms with Crippen molar-refractivity contribution >= 4 is 21.6 Å². The van der Waals surface area contributed by atoms with Crippen LogP contribution in [0.4, 0.5) is 10.1 Å². The summed E-state index contributed by atoms with van der Waals surface area (Å²) in [5.74, 6) is -0.302. The molecule has 0 bridgehead atoms. The van der Waals surface area contributed by atoms with Crippen molar-refractivity contribution in [2.24, 2.45) is 0 Å². The van der Waals surface area contributed by atoms with Crippen LogP contribution in [-0.4, -0.2) is 26.6 Å². The molecule has 1 N–H and O–H groups in total. The molecular weight excluding hydrogens is 277 g/mol. The number of benzene rings is 1. The Morgan fingerprint density at radius 3 is 2.44 bits per heavy atom. The lowest BCUT2D eigenvalue weighted by atomic mass is 10.2. The van der Waals surface area contributed by atoms with Gasteiger partial charge in [0.25, 0.3) is 0 Å². The molecule has 1 aromatic rings. The molecule has 5 heteroatoms. The van der Waals surface area contributed by atoms with Gasteiger partial charge in [0.15, 0.2) is 6.29 Å². The van der Waals surface area contributed by atoms with Crippen LogP contribution in [0.5, 0.6) is 0 Å². The van der Waals surface area contributed by atoms with E-state index in [0.29, 0.717) is 10.2 Å². The summed E-state index contributed by atoms with van der Waals surface area (Å²) in [5.41, 5.74) is 0.687. The fraction of sp³-hybridized carbons (Fsp3) is 0.455. The Kier molecular flexibility index (Phi) is 5.18. The fourth-order valence-corrected chi connectivity index (χ4v) is 1.67. The second-order valence-corrected chi connectivity index (χ2v) is 4.26. The number of ether oxygens (including phenoxy) is 2. The van der Waals surface area contributed by atoms with E-state index in [2.05, 4.69) is 21.2 Å². The van der Waals surface area contributed by atoms with E-state index < -0.39 is 0 Å². The molecule has 0 aliphatic rings. The maximum absolute atomic E-state index is 13.2. The third-order valence-electron chi connectivity index (χ3n) is 2.19. The van der Waals surface area contributed by atoms with Crippen LogP contribution < -0.4 is 5.32 Å². The van der Waals surface area contributed by atoms with Crippen LogP contribution in [0, 0.1) is 5.82 Å². The van der Waals surface area contributed by atoms with Gasteiger partial charge in [0.2, 0.25) is 0 Å². The molecule has 1 rings (SSSR count). The highest BCUT2D eigenvalue weighted by Gasteiger charge is 2.15. The van der Waals surface area contributed by atoms with E-state index in [9.17, 15) is 4.39 Å². The van der Waals surface area contributed by atoms with Gasteiger partial charge in [-0.25, -0.2) is 4.39 Å². The van der Waals surface area contributed by atoms with Gasteiger partial charge in [-0.05, 0) is 41.1 Å². The summed E-state index contributed by atoms with van der Waals surface area (Å²) in [6, 6.07) is 4.78. The number of hydrogen-bond acceptors (Lipinski definition) is 3. The van der Waals surface area contributed by atoms with Gasteiger partial charge in [0, 0.05) is 19.9 Å². The highest BCUT2D eigenvalue weighted by Crippen LogP contribution is 2.20. The number of hydrogen-bond donors (Lipinski definition) is 1. The van der Waals surface area contributed by atoms with Gasteiger partial charge in [0.1, 0.15) is 5.82 Å². The van der Waals surface area contributed by atoms with E-state index in [4.69, 9.17) is 9.47 Å². The summed E-state index contributed by atoms with van der Waals surface area (Å²) < 4.78 is 23.9. The minimum Gasteiger partial charge on any atom is -0.377 e. The number of anilines is 1. The summed E-state index contributed by atoms with van der Waals surface area (Å²) >= 11 is 3.10. The van der Waals surface area contributed by atoms with Gasteiger partial charge in [-0.15, -0.1) is 0 Å². The smallest absolute Gasteiger partial charge is 0.176 e. The normalized spacial score (nSPS) is 12.9. The van der Waals surface area contributed by atoms with Gasteiger partial charge in [-0.3, -0.25) is 0 Å². The van der Waals surface area contributed by atoms with Gasteiger partial charge >= 0.3 is 0 Å². The highest BCUT2D eigenvalue weighted by atomic mass is 79.9. The minimum absolute atomic E-state index is 0.0735. The maximum atomic E-state index is 13.2. The summed E-state index contributed by atoms with van der Waals surface area (Å²) in [7, 11) is 3.13. The largest absolute Gasteiger partial charge is 0.377 e. The third kappa shape index (κ3) is 3.43. The Morgan fingerprint density at radius 2 is 1.94 bits per heavy atom. The van der Waals surface area contributed by atoms with Crippen LogP contribution in [0.15, 0.2) is 22.7 Å². The number of methoxy groups -OCH3 is 2. The predicted molar refractivity (Wildman–Crippen MR) is 65.0 cm³/mol. The third-order valence-corrected chi connectivity index (χ3v) is 2.83. The molecule has 0 fully saturated rings. The molecule has 0 heterocycles. The van der Waals surface area contributed by atoms with E-state index in [-0.39, 0.29) is 18.1 Å². The summed E-state index contributed by atoms with van der Waals surface area (Å²) in [6.45, 7) is 1.90. The molecule has 0 spiro atoms. The number of rotatable bonds is 5. The Balaban J connectivity index is 2.69. The van der Waals surface area contributed by atoms with Crippen LogP contribution in [0.2, 0.25) is 0 Å². The van der Waals surface area contributed by atoms with Gasteiger partial charge < -0.3 is 14.8 Å². The van der Waals surface area contributed by atoms with Crippen molar-refractivity contribution in [3.05, 3.63) is 28.5 Å². The van der Waals surface area contributed by atoms with Crippen molar-refractivity contribution in [1.29, 1.82) is 0 Å². The summed E-state index contributed by atoms with van der Waals surface area (Å²) in [6.07, 6.45) is -0.369. The Bertz CT molecular complexity index is 345. The highest BCUT2D eigenvalue weighted by molar-refractivity contribution is 9.10. The molecule has 0 saturated carbocycles. The molecule has 3 nitrogen and oxygen atoms in total. The number of nitrogens with one attached hydrogen (secondary N) is 1. The minimum atomic E-state index is -0.369. The second kappa shape index (κ2) is 6.18. The van der Waals surface area contributed by atoms with Gasteiger partial charge in [0.05, 0.1) is 10.5 Å². The molecule has 0 saturated heterocycles. The molecule has 0 aliphatic heterocycles. The lowest BCUT2D eigenvalue weighted by Gasteiger charge is -2.23. The van der Waals surface area contributed by atoms with E-state index >= 15 is 0 Å². The Labute approximate surface area is 103 Å². The van der Waals surface area contributed by atoms with Crippen LogP contribution in [0.1, 0.15) is 6.92 Å². The zero-order valence-corrected chi connectivity index (χ0v) is 11.0. The number of halogens is 2. The molecule has 16 heavy (non-hydrogen) atoms. The molecular formula is C11H15BrFNO2. The van der Waals surface area contributed by atoms with Crippen molar-refractivity contribution in [2.45, 2.75) is 19.3 Å². The first-order valence-corrected chi connectivity index (χ1v) is 5.65. The lowest BCUT2D eigenvalue weighted by molar-refractivity contribution is -0.109. The molecule has 0 aromatic heterocycles. The molecule has 1 unspecified atom stereocenters. The second-order valence-electron chi connectivity index (χ2n) is 3.40. The van der Waals surface area contributed by atoms with Crippen LogP contribution in [0.25, 0.3) is 0 Å². The Morgan fingerprint density at radius 1 is 1.31 bits per heavy atom. The predicted octanol–water partition coefficient (Wildman–Crippen LogP) is 3.01. The average Bonchev–Trinajstić information content (AvgIpc) is 2.25. The topological polar surface area (TPSA) is 30.5 Å². The fourth-order valence-electron chi connectivity index (χ4n) is 1.42. The monoisotopic (exact) mass is 291 g/mol. The summed E-state index contributed by atoms with van der Waals surface area (Å²) in [5, 5.41) is 3.10. The summed E-state index contributed by atoms with van der Waals surface area (Å²) in [4.78, 5) is 0. The van der Waals surface area contributed by atoms with E-state index in [1.807, 2.05) is 6.92 Å². The van der Waals surface area contributed by atoms with Gasteiger partial charge in [-0.2, -0.15) is 0 Å². The van der Waals surface area contributed by atoms with E-state index in [1.165, 1.54) is 6.07 Å². The van der Waals surface area contributed by atoms with Crippen molar-refractivity contribution in [2.75, 3.05) is 19.5 Å². The van der Waals surface area contributed by atoms with E-state index in [0.717, 1.165) is 0 Å².